The van der Waals surface area contributed by atoms with E-state index in [1.807, 2.05) is 11.3 Å². The molecule has 0 spiro atoms. The monoisotopic (exact) mass is 396 g/mol. The summed E-state index contributed by atoms with van der Waals surface area (Å²) in [5.74, 6) is 2.16. The fraction of sp³-hybridized carbons (Fsp3) is 0.625. The second-order valence-corrected chi connectivity index (χ2v) is 8.26. The van der Waals surface area contributed by atoms with Crippen molar-refractivity contribution >= 4 is 27.3 Å². The van der Waals surface area contributed by atoms with E-state index < -0.39 is 0 Å². The van der Waals surface area contributed by atoms with Crippen LogP contribution in [-0.2, 0) is 13.1 Å². The van der Waals surface area contributed by atoms with Gasteiger partial charge in [0, 0.05) is 48.0 Å². The van der Waals surface area contributed by atoms with Crippen LogP contribution in [0.2, 0.25) is 0 Å². The highest BCUT2D eigenvalue weighted by Gasteiger charge is 2.26. The molecule has 0 unspecified atom stereocenters. The fourth-order valence-electron chi connectivity index (χ4n) is 3.09. The van der Waals surface area contributed by atoms with Crippen molar-refractivity contribution in [2.45, 2.75) is 38.3 Å². The SMILES string of the molecule is Brc1ccsc1CN1CCN(Cc2nnc(C3CCC3)o2)CC1. The Morgan fingerprint density at radius 1 is 1.13 bits per heavy atom. The minimum absolute atomic E-state index is 0.525. The topological polar surface area (TPSA) is 45.4 Å². The average molecular weight is 397 g/mol. The molecule has 124 valence electrons. The molecular formula is C16H21BrN4OS. The number of halogens is 1. The van der Waals surface area contributed by atoms with Crippen molar-refractivity contribution in [1.82, 2.24) is 20.0 Å². The highest BCUT2D eigenvalue weighted by molar-refractivity contribution is 9.10. The summed E-state index contributed by atoms with van der Waals surface area (Å²) in [6.07, 6.45) is 3.71. The van der Waals surface area contributed by atoms with E-state index in [1.165, 1.54) is 28.6 Å². The first-order valence-corrected chi connectivity index (χ1v) is 9.94. The van der Waals surface area contributed by atoms with E-state index in [0.717, 1.165) is 51.0 Å². The Labute approximate surface area is 148 Å². The smallest absolute Gasteiger partial charge is 0.230 e. The molecular weight excluding hydrogens is 376 g/mol. The first-order chi connectivity index (χ1) is 11.3. The largest absolute Gasteiger partial charge is 0.424 e. The Bertz CT molecular complexity index is 646. The Hall–Kier alpha value is -0.760. The van der Waals surface area contributed by atoms with Gasteiger partial charge in [0.25, 0.3) is 0 Å². The molecule has 2 aromatic heterocycles. The van der Waals surface area contributed by atoms with Crippen molar-refractivity contribution in [2.75, 3.05) is 26.2 Å². The van der Waals surface area contributed by atoms with Crippen LogP contribution in [-0.4, -0.2) is 46.2 Å². The number of thiophene rings is 1. The molecule has 0 N–H and O–H groups in total. The quantitative estimate of drug-likeness (QED) is 0.773. The molecule has 4 rings (SSSR count). The molecule has 1 saturated heterocycles. The van der Waals surface area contributed by atoms with Crippen molar-refractivity contribution in [1.29, 1.82) is 0 Å². The first kappa shape index (κ1) is 15.7. The van der Waals surface area contributed by atoms with Gasteiger partial charge in [-0.15, -0.1) is 21.5 Å². The van der Waals surface area contributed by atoms with Crippen LogP contribution in [0.15, 0.2) is 20.3 Å². The zero-order valence-electron chi connectivity index (χ0n) is 13.1. The second kappa shape index (κ2) is 7.01. The molecule has 2 aliphatic rings. The summed E-state index contributed by atoms with van der Waals surface area (Å²) in [7, 11) is 0. The zero-order valence-corrected chi connectivity index (χ0v) is 15.5. The molecule has 23 heavy (non-hydrogen) atoms. The minimum atomic E-state index is 0.525. The summed E-state index contributed by atoms with van der Waals surface area (Å²) >= 11 is 5.44. The van der Waals surface area contributed by atoms with Crippen LogP contribution in [0.3, 0.4) is 0 Å². The molecule has 1 saturated carbocycles. The molecule has 0 amide bonds. The van der Waals surface area contributed by atoms with Gasteiger partial charge in [0.2, 0.25) is 11.8 Å². The number of rotatable bonds is 5. The summed E-state index contributed by atoms with van der Waals surface area (Å²) in [4.78, 5) is 6.35. The van der Waals surface area contributed by atoms with Crippen LogP contribution in [0, 0.1) is 0 Å². The first-order valence-electron chi connectivity index (χ1n) is 8.27. The van der Waals surface area contributed by atoms with Crippen molar-refractivity contribution in [3.05, 3.63) is 32.6 Å². The van der Waals surface area contributed by atoms with Crippen molar-refractivity contribution < 1.29 is 4.42 Å². The molecule has 0 atom stereocenters. The lowest BCUT2D eigenvalue weighted by Gasteiger charge is -2.33. The number of aromatic nitrogens is 2. The second-order valence-electron chi connectivity index (χ2n) is 6.41. The standard InChI is InChI=1S/C16H21BrN4OS/c17-13-4-9-23-14(13)10-20-5-7-21(8-6-20)11-15-18-19-16(22-15)12-2-1-3-12/h4,9,12H,1-3,5-8,10-11H2. The number of piperazine rings is 1. The number of hydrogen-bond donors (Lipinski definition) is 0. The number of nitrogens with zero attached hydrogens (tertiary/aromatic N) is 4. The van der Waals surface area contributed by atoms with Gasteiger partial charge < -0.3 is 4.42 Å². The maximum Gasteiger partial charge on any atom is 0.230 e. The third kappa shape index (κ3) is 3.68. The normalized spacial score (nSPS) is 20.7. The lowest BCUT2D eigenvalue weighted by molar-refractivity contribution is 0.114. The molecule has 1 aliphatic heterocycles. The summed E-state index contributed by atoms with van der Waals surface area (Å²) in [5, 5.41) is 10.6. The molecule has 2 fully saturated rings. The Kier molecular flexibility index (Phi) is 4.80. The fourth-order valence-corrected chi connectivity index (χ4v) is 4.61. The van der Waals surface area contributed by atoms with E-state index in [9.17, 15) is 0 Å². The van der Waals surface area contributed by atoms with Gasteiger partial charge in [-0.05, 0) is 40.2 Å². The van der Waals surface area contributed by atoms with E-state index in [1.54, 1.807) is 0 Å². The summed E-state index contributed by atoms with van der Waals surface area (Å²) in [5.41, 5.74) is 0. The van der Waals surface area contributed by atoms with E-state index in [0.29, 0.717) is 5.92 Å². The number of hydrogen-bond acceptors (Lipinski definition) is 6. The van der Waals surface area contributed by atoms with Gasteiger partial charge in [0.05, 0.1) is 6.54 Å². The van der Waals surface area contributed by atoms with Gasteiger partial charge in [-0.3, -0.25) is 9.80 Å². The van der Waals surface area contributed by atoms with Gasteiger partial charge in [0.1, 0.15) is 0 Å². The molecule has 0 aromatic carbocycles. The van der Waals surface area contributed by atoms with E-state index >= 15 is 0 Å². The van der Waals surface area contributed by atoms with Gasteiger partial charge in [-0.1, -0.05) is 6.42 Å². The zero-order chi connectivity index (χ0) is 15.6. The molecule has 0 bridgehead atoms. The van der Waals surface area contributed by atoms with Gasteiger partial charge in [-0.2, -0.15) is 0 Å². The Morgan fingerprint density at radius 2 is 1.87 bits per heavy atom. The highest BCUT2D eigenvalue weighted by Crippen LogP contribution is 2.35. The molecule has 7 heteroatoms. The summed E-state index contributed by atoms with van der Waals surface area (Å²) in [6, 6.07) is 2.13. The third-order valence-corrected chi connectivity index (χ3v) is 6.73. The van der Waals surface area contributed by atoms with Crippen LogP contribution in [0.1, 0.15) is 41.8 Å². The minimum Gasteiger partial charge on any atom is -0.424 e. The van der Waals surface area contributed by atoms with E-state index in [4.69, 9.17) is 4.42 Å². The Balaban J connectivity index is 1.26. The van der Waals surface area contributed by atoms with Crippen LogP contribution < -0.4 is 0 Å². The summed E-state index contributed by atoms with van der Waals surface area (Å²) < 4.78 is 7.07. The van der Waals surface area contributed by atoms with Crippen LogP contribution in [0.4, 0.5) is 0 Å². The van der Waals surface area contributed by atoms with Gasteiger partial charge >= 0.3 is 0 Å². The van der Waals surface area contributed by atoms with E-state index in [-0.39, 0.29) is 0 Å². The van der Waals surface area contributed by atoms with Crippen LogP contribution in [0.25, 0.3) is 0 Å². The predicted octanol–water partition coefficient (Wildman–Crippen LogP) is 3.48. The average Bonchev–Trinajstić information content (AvgIpc) is 3.10. The third-order valence-electron chi connectivity index (χ3n) is 4.82. The lowest BCUT2D eigenvalue weighted by atomic mass is 9.85. The van der Waals surface area contributed by atoms with Crippen molar-refractivity contribution in [3.8, 4) is 0 Å². The lowest BCUT2D eigenvalue weighted by Crippen LogP contribution is -2.45. The summed E-state index contributed by atoms with van der Waals surface area (Å²) in [6.45, 7) is 6.13. The maximum atomic E-state index is 5.84. The molecule has 3 heterocycles. The van der Waals surface area contributed by atoms with Crippen molar-refractivity contribution in [2.24, 2.45) is 0 Å². The van der Waals surface area contributed by atoms with Crippen LogP contribution in [0.5, 0.6) is 0 Å². The van der Waals surface area contributed by atoms with Gasteiger partial charge in [0.15, 0.2) is 0 Å². The van der Waals surface area contributed by atoms with E-state index in [2.05, 4.69) is 47.4 Å². The van der Waals surface area contributed by atoms with Crippen LogP contribution >= 0.6 is 27.3 Å². The highest BCUT2D eigenvalue weighted by atomic mass is 79.9. The molecule has 2 aromatic rings. The Morgan fingerprint density at radius 3 is 2.48 bits per heavy atom. The van der Waals surface area contributed by atoms with Gasteiger partial charge in [-0.25, -0.2) is 0 Å². The molecule has 0 radical (unpaired) electrons. The van der Waals surface area contributed by atoms with Crippen molar-refractivity contribution in [3.63, 3.8) is 0 Å². The molecule has 1 aliphatic carbocycles. The molecule has 5 nitrogen and oxygen atoms in total. The maximum absolute atomic E-state index is 5.84. The predicted molar refractivity (Wildman–Crippen MR) is 93.5 cm³/mol.